The minimum absolute atomic E-state index is 0.228. The van der Waals surface area contributed by atoms with Crippen molar-refractivity contribution in [1.29, 1.82) is 0 Å². The first-order valence-corrected chi connectivity index (χ1v) is 11.4. The summed E-state index contributed by atoms with van der Waals surface area (Å²) in [6, 6.07) is 22.7. The summed E-state index contributed by atoms with van der Waals surface area (Å²) in [4.78, 5) is 20.5. The number of nitrogens with zero attached hydrogens (tertiary/aromatic N) is 2. The lowest BCUT2D eigenvalue weighted by Crippen LogP contribution is -2.00. The van der Waals surface area contributed by atoms with Gasteiger partial charge >= 0.3 is 0 Å². The minimum atomic E-state index is 0.228. The van der Waals surface area contributed by atoms with Gasteiger partial charge < -0.3 is 0 Å². The number of hydrogen-bond acceptors (Lipinski definition) is 3. The summed E-state index contributed by atoms with van der Waals surface area (Å²) in [6.07, 6.45) is 1.29. The van der Waals surface area contributed by atoms with Gasteiger partial charge in [0.2, 0.25) is 0 Å². The van der Waals surface area contributed by atoms with Crippen LogP contribution in [-0.4, -0.2) is 15.3 Å². The first kappa shape index (κ1) is 19.7. The zero-order valence-electron chi connectivity index (χ0n) is 18.0. The molecule has 0 saturated heterocycles. The van der Waals surface area contributed by atoms with Crippen LogP contribution in [0.15, 0.2) is 66.7 Å². The molecule has 0 fully saturated rings. The highest BCUT2D eigenvalue weighted by atomic mass is 32.1. The third-order valence-electron chi connectivity index (χ3n) is 5.93. The molecule has 0 spiro atoms. The third-order valence-corrected chi connectivity index (χ3v) is 6.90. The Hall–Kier alpha value is -3.24. The van der Waals surface area contributed by atoms with Crippen LogP contribution in [0.1, 0.15) is 39.5 Å². The normalized spacial score (nSPS) is 14.0. The predicted molar refractivity (Wildman–Crippen MR) is 129 cm³/mol. The van der Waals surface area contributed by atoms with Crippen LogP contribution >= 0.6 is 11.3 Å². The fourth-order valence-corrected chi connectivity index (χ4v) is 5.48. The molecule has 1 aliphatic rings. The number of aromatic nitrogens is 2. The minimum Gasteiger partial charge on any atom is -0.296 e. The number of carbonyl (C=O) groups excluding carboxylic acids is 1. The maximum atomic E-state index is 13.0. The first-order valence-electron chi connectivity index (χ1n) is 10.6. The number of para-hydroxylation sites is 1. The van der Waals surface area contributed by atoms with Gasteiger partial charge in [-0.05, 0) is 56.5 Å². The van der Waals surface area contributed by atoms with Gasteiger partial charge in [-0.3, -0.25) is 9.36 Å². The molecule has 1 aliphatic carbocycles. The molecule has 2 aromatic heterocycles. The Kier molecular flexibility index (Phi) is 4.95. The number of Topliss-reactive ketones (excluding diaryl/α,β-unsaturated/α-hetero) is 1. The zero-order chi connectivity index (χ0) is 21.5. The number of thiophene rings is 1. The van der Waals surface area contributed by atoms with Crippen molar-refractivity contribution in [3.05, 3.63) is 93.4 Å². The van der Waals surface area contributed by atoms with E-state index in [4.69, 9.17) is 4.98 Å². The molecule has 3 nitrogen and oxygen atoms in total. The second-order valence-electron chi connectivity index (χ2n) is 8.01. The highest BCUT2D eigenvalue weighted by Crippen LogP contribution is 2.42. The summed E-state index contributed by atoms with van der Waals surface area (Å²) in [5.41, 5.74) is 7.16. The van der Waals surface area contributed by atoms with Gasteiger partial charge in [-0.1, -0.05) is 48.5 Å². The summed E-state index contributed by atoms with van der Waals surface area (Å²) in [6.45, 7) is 6.32. The third kappa shape index (κ3) is 3.37. The van der Waals surface area contributed by atoms with E-state index < -0.39 is 0 Å². The average molecular weight is 425 g/mol. The molecule has 0 bridgehead atoms. The molecular weight excluding hydrogens is 400 g/mol. The molecular formula is C27H24N2OS. The Morgan fingerprint density at radius 1 is 0.903 bits per heavy atom. The van der Waals surface area contributed by atoms with Crippen molar-refractivity contribution in [3.63, 3.8) is 0 Å². The van der Waals surface area contributed by atoms with E-state index in [2.05, 4.69) is 55.7 Å². The Balaban J connectivity index is 1.78. The van der Waals surface area contributed by atoms with Gasteiger partial charge in [-0.25, -0.2) is 4.98 Å². The van der Waals surface area contributed by atoms with Crippen LogP contribution in [0.2, 0.25) is 0 Å². The smallest absolute Gasteiger partial charge is 0.164 e. The molecule has 31 heavy (non-hydrogen) atoms. The lowest BCUT2D eigenvalue weighted by Gasteiger charge is -2.11. The van der Waals surface area contributed by atoms with Crippen LogP contribution in [0.25, 0.3) is 28.2 Å². The molecule has 5 rings (SSSR count). The average Bonchev–Trinajstić information content (AvgIpc) is 3.43. The zero-order valence-corrected chi connectivity index (χ0v) is 18.8. The maximum absolute atomic E-state index is 13.0. The largest absolute Gasteiger partial charge is 0.296 e. The highest BCUT2D eigenvalue weighted by Gasteiger charge is 2.31. The van der Waals surface area contributed by atoms with E-state index in [1.165, 1.54) is 9.75 Å². The van der Waals surface area contributed by atoms with Crippen molar-refractivity contribution in [3.8, 4) is 17.1 Å². The molecule has 4 aromatic rings. The van der Waals surface area contributed by atoms with Gasteiger partial charge in [-0.15, -0.1) is 11.3 Å². The Labute approximate surface area is 186 Å². The lowest BCUT2D eigenvalue weighted by molar-refractivity contribution is -0.113. The standard InChI is InChI=1S/C27H24N2OS/c1-17-16-23(19(3)31-17)25-22(14-15-24(25)30)26-18(2)29(21-12-8-5-9-13-21)27(28-26)20-10-6-4-7-11-20/h4-13,16H,14-15H2,1-3H3. The number of imidazole rings is 1. The summed E-state index contributed by atoms with van der Waals surface area (Å²) < 4.78 is 2.21. The second-order valence-corrected chi connectivity index (χ2v) is 9.47. The molecule has 0 unspecified atom stereocenters. The van der Waals surface area contributed by atoms with Crippen molar-refractivity contribution in [1.82, 2.24) is 9.55 Å². The quantitative estimate of drug-likeness (QED) is 0.361. The number of rotatable bonds is 4. The molecule has 4 heteroatoms. The predicted octanol–water partition coefficient (Wildman–Crippen LogP) is 6.80. The van der Waals surface area contributed by atoms with Gasteiger partial charge in [0.15, 0.2) is 5.78 Å². The van der Waals surface area contributed by atoms with Crippen molar-refractivity contribution in [2.75, 3.05) is 0 Å². The van der Waals surface area contributed by atoms with Crippen LogP contribution in [0.4, 0.5) is 0 Å². The van der Waals surface area contributed by atoms with E-state index in [1.807, 2.05) is 36.4 Å². The van der Waals surface area contributed by atoms with Gasteiger partial charge in [0.1, 0.15) is 5.82 Å². The fraction of sp³-hybridized carbons (Fsp3) is 0.185. The number of aryl methyl sites for hydroxylation is 2. The molecule has 0 N–H and O–H groups in total. The molecule has 0 amide bonds. The Morgan fingerprint density at radius 2 is 1.58 bits per heavy atom. The fourth-order valence-electron chi connectivity index (χ4n) is 4.55. The molecule has 0 saturated carbocycles. The van der Waals surface area contributed by atoms with E-state index >= 15 is 0 Å². The maximum Gasteiger partial charge on any atom is 0.164 e. The number of carbonyl (C=O) groups is 1. The second kappa shape index (κ2) is 7.78. The van der Waals surface area contributed by atoms with Gasteiger partial charge in [-0.2, -0.15) is 0 Å². The SMILES string of the molecule is Cc1cc(C2=C(c3nc(-c4ccccc4)n(-c4ccccc4)c3C)CCC2=O)c(C)s1. The lowest BCUT2D eigenvalue weighted by atomic mass is 9.99. The summed E-state index contributed by atoms with van der Waals surface area (Å²) >= 11 is 1.75. The molecule has 0 aliphatic heterocycles. The van der Waals surface area contributed by atoms with E-state index in [0.29, 0.717) is 6.42 Å². The summed E-state index contributed by atoms with van der Waals surface area (Å²) in [5, 5.41) is 0. The van der Waals surface area contributed by atoms with Crippen LogP contribution in [0, 0.1) is 20.8 Å². The first-order chi connectivity index (χ1) is 15.0. The van der Waals surface area contributed by atoms with Crippen LogP contribution in [0.5, 0.6) is 0 Å². The Bertz CT molecular complexity index is 1310. The number of benzene rings is 2. The topological polar surface area (TPSA) is 34.9 Å². The molecule has 2 aromatic carbocycles. The van der Waals surface area contributed by atoms with Crippen molar-refractivity contribution in [2.24, 2.45) is 0 Å². The molecule has 2 heterocycles. The Morgan fingerprint density at radius 3 is 2.23 bits per heavy atom. The number of ketones is 1. The van der Waals surface area contributed by atoms with Gasteiger partial charge in [0, 0.05) is 38.7 Å². The van der Waals surface area contributed by atoms with E-state index in [-0.39, 0.29) is 5.78 Å². The number of allylic oxidation sites excluding steroid dienone is 2. The van der Waals surface area contributed by atoms with Crippen LogP contribution in [-0.2, 0) is 4.79 Å². The van der Waals surface area contributed by atoms with Crippen molar-refractivity contribution < 1.29 is 4.79 Å². The van der Waals surface area contributed by atoms with Crippen molar-refractivity contribution >= 4 is 28.3 Å². The van der Waals surface area contributed by atoms with E-state index in [0.717, 1.165) is 51.6 Å². The van der Waals surface area contributed by atoms with E-state index in [9.17, 15) is 4.79 Å². The monoisotopic (exact) mass is 424 g/mol. The van der Waals surface area contributed by atoms with E-state index in [1.54, 1.807) is 11.3 Å². The highest BCUT2D eigenvalue weighted by molar-refractivity contribution is 7.12. The summed E-state index contributed by atoms with van der Waals surface area (Å²) in [7, 11) is 0. The number of hydrogen-bond donors (Lipinski definition) is 0. The molecule has 0 radical (unpaired) electrons. The summed E-state index contributed by atoms with van der Waals surface area (Å²) in [5.74, 6) is 1.13. The van der Waals surface area contributed by atoms with Crippen LogP contribution in [0.3, 0.4) is 0 Å². The van der Waals surface area contributed by atoms with Gasteiger partial charge in [0.25, 0.3) is 0 Å². The van der Waals surface area contributed by atoms with Crippen LogP contribution < -0.4 is 0 Å². The van der Waals surface area contributed by atoms with Crippen molar-refractivity contribution in [2.45, 2.75) is 33.6 Å². The van der Waals surface area contributed by atoms with Gasteiger partial charge in [0.05, 0.1) is 5.69 Å². The molecule has 154 valence electrons. The molecule has 0 atom stereocenters.